The van der Waals surface area contributed by atoms with E-state index in [-0.39, 0.29) is 11.9 Å². The van der Waals surface area contributed by atoms with Gasteiger partial charge in [0.2, 0.25) is 0 Å². The minimum absolute atomic E-state index is 0.0740. The molecule has 1 atom stereocenters. The predicted octanol–water partition coefficient (Wildman–Crippen LogP) is 1.88. The normalized spacial score (nSPS) is 17.8. The number of hydrogen-bond donors (Lipinski definition) is 1. The molecule has 4 heterocycles. The summed E-state index contributed by atoms with van der Waals surface area (Å²) in [4.78, 5) is 32.1. The maximum Gasteiger partial charge on any atom is 0.270 e. The lowest BCUT2D eigenvalue weighted by Gasteiger charge is -2.34. The molecule has 3 aromatic rings. The molecule has 1 aliphatic heterocycles. The number of thiophene rings is 1. The van der Waals surface area contributed by atoms with Crippen molar-refractivity contribution >= 4 is 33.3 Å². The van der Waals surface area contributed by atoms with Crippen LogP contribution in [-0.2, 0) is 0 Å². The Kier molecular flexibility index (Phi) is 4.04. The fraction of sp³-hybridized carbons (Fsp3) is 0.312. The first-order valence-electron chi connectivity index (χ1n) is 7.81. The van der Waals surface area contributed by atoms with Gasteiger partial charge in [-0.25, -0.2) is 19.9 Å². The second-order valence-electron chi connectivity index (χ2n) is 5.69. The zero-order valence-corrected chi connectivity index (χ0v) is 13.7. The molecule has 0 radical (unpaired) electrons. The van der Waals surface area contributed by atoms with Gasteiger partial charge >= 0.3 is 0 Å². The SMILES string of the molecule is O=C(NC1CCCN(c2ncnc3sccc23)C1)c1ccncn1. The van der Waals surface area contributed by atoms with Crippen LogP contribution in [0.1, 0.15) is 23.3 Å². The highest BCUT2D eigenvalue weighted by molar-refractivity contribution is 7.16. The maximum atomic E-state index is 12.3. The lowest BCUT2D eigenvalue weighted by molar-refractivity contribution is 0.0928. The highest BCUT2D eigenvalue weighted by atomic mass is 32.1. The Labute approximate surface area is 142 Å². The van der Waals surface area contributed by atoms with Crippen LogP contribution in [0.15, 0.2) is 36.4 Å². The van der Waals surface area contributed by atoms with Crippen LogP contribution in [-0.4, -0.2) is 45.0 Å². The lowest BCUT2D eigenvalue weighted by Crippen LogP contribution is -2.48. The van der Waals surface area contributed by atoms with Gasteiger partial charge < -0.3 is 10.2 Å². The number of piperidine rings is 1. The van der Waals surface area contributed by atoms with Gasteiger partial charge in [0.15, 0.2) is 0 Å². The van der Waals surface area contributed by atoms with E-state index in [1.54, 1.807) is 29.9 Å². The monoisotopic (exact) mass is 340 g/mol. The molecule has 1 unspecified atom stereocenters. The van der Waals surface area contributed by atoms with Crippen molar-refractivity contribution in [2.45, 2.75) is 18.9 Å². The third-order valence-corrected chi connectivity index (χ3v) is 4.93. The van der Waals surface area contributed by atoms with E-state index >= 15 is 0 Å². The van der Waals surface area contributed by atoms with Gasteiger partial charge in [0.1, 0.15) is 29.0 Å². The summed E-state index contributed by atoms with van der Waals surface area (Å²) in [6.07, 6.45) is 6.52. The van der Waals surface area contributed by atoms with Crippen molar-refractivity contribution < 1.29 is 4.79 Å². The smallest absolute Gasteiger partial charge is 0.270 e. The summed E-state index contributed by atoms with van der Waals surface area (Å²) in [5, 5.41) is 6.17. The van der Waals surface area contributed by atoms with E-state index in [1.807, 2.05) is 5.38 Å². The van der Waals surface area contributed by atoms with E-state index in [0.29, 0.717) is 5.69 Å². The number of amides is 1. The first-order chi connectivity index (χ1) is 11.8. The van der Waals surface area contributed by atoms with E-state index in [1.165, 1.54) is 6.33 Å². The summed E-state index contributed by atoms with van der Waals surface area (Å²) in [6, 6.07) is 3.75. The Morgan fingerprint density at radius 2 is 2.21 bits per heavy atom. The maximum absolute atomic E-state index is 12.3. The molecule has 1 aliphatic rings. The highest BCUT2D eigenvalue weighted by Crippen LogP contribution is 2.28. The Morgan fingerprint density at radius 3 is 3.08 bits per heavy atom. The Balaban J connectivity index is 1.50. The van der Waals surface area contributed by atoms with Gasteiger partial charge in [-0.1, -0.05) is 0 Å². The quantitative estimate of drug-likeness (QED) is 0.784. The third-order valence-electron chi connectivity index (χ3n) is 4.11. The van der Waals surface area contributed by atoms with Gasteiger partial charge in [0.25, 0.3) is 5.91 Å². The van der Waals surface area contributed by atoms with Gasteiger partial charge in [-0.2, -0.15) is 0 Å². The first-order valence-corrected chi connectivity index (χ1v) is 8.69. The van der Waals surface area contributed by atoms with E-state index < -0.39 is 0 Å². The third kappa shape index (κ3) is 2.92. The second kappa shape index (κ2) is 6.48. The first kappa shape index (κ1) is 14.9. The number of nitrogens with one attached hydrogen (secondary N) is 1. The number of fused-ring (bicyclic) bond motifs is 1. The summed E-state index contributed by atoms with van der Waals surface area (Å²) >= 11 is 1.61. The van der Waals surface area contributed by atoms with Crippen LogP contribution in [0.2, 0.25) is 0 Å². The van der Waals surface area contributed by atoms with Crippen molar-refractivity contribution in [3.05, 3.63) is 42.1 Å². The molecule has 0 spiro atoms. The summed E-state index contributed by atoms with van der Waals surface area (Å²) < 4.78 is 0. The average molecular weight is 340 g/mol. The van der Waals surface area contributed by atoms with Crippen LogP contribution in [0.3, 0.4) is 0 Å². The molecule has 122 valence electrons. The average Bonchev–Trinajstić information content (AvgIpc) is 3.11. The molecule has 24 heavy (non-hydrogen) atoms. The molecule has 7 nitrogen and oxygen atoms in total. The van der Waals surface area contributed by atoms with Crippen molar-refractivity contribution in [3.63, 3.8) is 0 Å². The zero-order valence-electron chi connectivity index (χ0n) is 12.9. The molecule has 0 aromatic carbocycles. The molecule has 1 saturated heterocycles. The van der Waals surface area contributed by atoms with Crippen LogP contribution in [0.5, 0.6) is 0 Å². The lowest BCUT2D eigenvalue weighted by atomic mass is 10.1. The Morgan fingerprint density at radius 1 is 1.25 bits per heavy atom. The number of nitrogens with zero attached hydrogens (tertiary/aromatic N) is 5. The second-order valence-corrected chi connectivity index (χ2v) is 6.58. The van der Waals surface area contributed by atoms with Crippen LogP contribution in [0, 0.1) is 0 Å². The summed E-state index contributed by atoms with van der Waals surface area (Å²) in [5.41, 5.74) is 0.393. The number of aromatic nitrogens is 4. The van der Waals surface area contributed by atoms with Gasteiger partial charge in [0, 0.05) is 25.3 Å². The molecule has 0 aliphatic carbocycles. The number of carbonyl (C=O) groups excluding carboxylic acids is 1. The van der Waals surface area contributed by atoms with E-state index in [4.69, 9.17) is 0 Å². The fourth-order valence-corrected chi connectivity index (χ4v) is 3.73. The van der Waals surface area contributed by atoms with Crippen LogP contribution in [0.25, 0.3) is 10.2 Å². The van der Waals surface area contributed by atoms with Crippen molar-refractivity contribution in [1.29, 1.82) is 0 Å². The van der Waals surface area contributed by atoms with Gasteiger partial charge in [-0.05, 0) is 30.4 Å². The van der Waals surface area contributed by atoms with Crippen LogP contribution >= 0.6 is 11.3 Å². The molecule has 1 N–H and O–H groups in total. The van der Waals surface area contributed by atoms with Crippen molar-refractivity contribution in [2.75, 3.05) is 18.0 Å². The summed E-state index contributed by atoms with van der Waals surface area (Å²) in [6.45, 7) is 1.67. The molecule has 3 aromatic heterocycles. The van der Waals surface area contributed by atoms with E-state index in [2.05, 4.69) is 36.2 Å². The summed E-state index contributed by atoms with van der Waals surface area (Å²) in [7, 11) is 0. The standard InChI is InChI=1S/C16H16N6OS/c23-15(13-3-5-17-9-18-13)21-11-2-1-6-22(8-11)14-12-4-7-24-16(12)20-10-19-14/h3-5,7,9-11H,1-2,6,8H2,(H,21,23). The highest BCUT2D eigenvalue weighted by Gasteiger charge is 2.24. The van der Waals surface area contributed by atoms with Crippen molar-refractivity contribution in [1.82, 2.24) is 25.3 Å². The van der Waals surface area contributed by atoms with E-state index in [0.717, 1.165) is 42.0 Å². The van der Waals surface area contributed by atoms with Gasteiger partial charge in [-0.3, -0.25) is 4.79 Å². The topological polar surface area (TPSA) is 83.9 Å². The van der Waals surface area contributed by atoms with Crippen LogP contribution < -0.4 is 10.2 Å². The number of rotatable bonds is 3. The molecule has 4 rings (SSSR count). The summed E-state index contributed by atoms with van der Waals surface area (Å²) in [5.74, 6) is 0.787. The molecule has 0 saturated carbocycles. The number of anilines is 1. The molecular formula is C16H16N6OS. The minimum Gasteiger partial charge on any atom is -0.354 e. The molecule has 1 fully saturated rings. The van der Waals surface area contributed by atoms with Gasteiger partial charge in [0.05, 0.1) is 5.39 Å². The molecular weight excluding hydrogens is 324 g/mol. The van der Waals surface area contributed by atoms with Crippen LogP contribution in [0.4, 0.5) is 5.82 Å². The number of carbonyl (C=O) groups is 1. The zero-order chi connectivity index (χ0) is 16.4. The fourth-order valence-electron chi connectivity index (χ4n) is 3.00. The Hall–Kier alpha value is -2.61. The van der Waals surface area contributed by atoms with Gasteiger partial charge in [-0.15, -0.1) is 11.3 Å². The Bertz CT molecular complexity index is 852. The van der Waals surface area contributed by atoms with E-state index in [9.17, 15) is 4.79 Å². The van der Waals surface area contributed by atoms with Crippen molar-refractivity contribution in [3.8, 4) is 0 Å². The molecule has 8 heteroatoms. The molecule has 0 bridgehead atoms. The largest absolute Gasteiger partial charge is 0.354 e. The van der Waals surface area contributed by atoms with Crippen molar-refractivity contribution in [2.24, 2.45) is 0 Å². The minimum atomic E-state index is -0.160. The molecule has 1 amide bonds. The number of hydrogen-bond acceptors (Lipinski definition) is 7. The predicted molar refractivity (Wildman–Crippen MR) is 92.1 cm³/mol.